The molecule has 31 heavy (non-hydrogen) atoms. The lowest BCUT2D eigenvalue weighted by molar-refractivity contribution is 0.0526. The standard InChI is InChI=1S/C23H20N2O6/c1-2-30-23(29)13-5-7-15(8-6-13)24-21(27)17-12-16-18(25-22(17)28)10-14(11-19(16)26)20-4-3-9-31-20/h3-9,12,14H,2,10-11H2,1H3,(H,24,27)(H,25,28). The number of ether oxygens (including phenoxy) is 1. The third-order valence-corrected chi connectivity index (χ3v) is 5.15. The number of aromatic amines is 1. The molecule has 1 atom stereocenters. The van der Waals surface area contributed by atoms with E-state index in [2.05, 4.69) is 10.3 Å². The van der Waals surface area contributed by atoms with Crippen molar-refractivity contribution in [2.24, 2.45) is 0 Å². The van der Waals surface area contributed by atoms with Crippen LogP contribution in [0.2, 0.25) is 0 Å². The van der Waals surface area contributed by atoms with Gasteiger partial charge in [0.05, 0.1) is 18.4 Å². The largest absolute Gasteiger partial charge is 0.469 e. The van der Waals surface area contributed by atoms with E-state index in [9.17, 15) is 19.2 Å². The Labute approximate surface area is 177 Å². The summed E-state index contributed by atoms with van der Waals surface area (Å²) in [5, 5.41) is 2.61. The zero-order valence-corrected chi connectivity index (χ0v) is 16.8. The summed E-state index contributed by atoms with van der Waals surface area (Å²) in [6.07, 6.45) is 2.23. The molecule has 2 heterocycles. The van der Waals surface area contributed by atoms with Crippen molar-refractivity contribution in [2.75, 3.05) is 11.9 Å². The van der Waals surface area contributed by atoms with Crippen molar-refractivity contribution in [3.63, 3.8) is 0 Å². The summed E-state index contributed by atoms with van der Waals surface area (Å²) in [5.41, 5.74) is 0.857. The molecule has 1 amide bonds. The van der Waals surface area contributed by atoms with Crippen LogP contribution in [0, 0.1) is 0 Å². The Balaban J connectivity index is 1.53. The smallest absolute Gasteiger partial charge is 0.338 e. The number of hydrogen-bond donors (Lipinski definition) is 2. The van der Waals surface area contributed by atoms with Crippen LogP contribution in [-0.2, 0) is 11.2 Å². The number of amides is 1. The molecule has 0 spiro atoms. The molecule has 0 radical (unpaired) electrons. The van der Waals surface area contributed by atoms with E-state index in [1.807, 2.05) is 0 Å². The van der Waals surface area contributed by atoms with Gasteiger partial charge in [-0.25, -0.2) is 4.79 Å². The molecule has 0 saturated heterocycles. The molecule has 1 unspecified atom stereocenters. The Morgan fingerprint density at radius 1 is 1.16 bits per heavy atom. The summed E-state index contributed by atoms with van der Waals surface area (Å²) in [5.74, 6) is -0.727. The molecule has 1 aliphatic rings. The lowest BCUT2D eigenvalue weighted by Gasteiger charge is -2.22. The fourth-order valence-corrected chi connectivity index (χ4v) is 3.63. The van der Waals surface area contributed by atoms with Crippen LogP contribution >= 0.6 is 0 Å². The Hall–Kier alpha value is -3.94. The van der Waals surface area contributed by atoms with Gasteiger partial charge >= 0.3 is 5.97 Å². The minimum atomic E-state index is -0.645. The van der Waals surface area contributed by atoms with Crippen LogP contribution in [0.15, 0.2) is 57.9 Å². The van der Waals surface area contributed by atoms with E-state index in [1.165, 1.54) is 30.3 Å². The Morgan fingerprint density at radius 2 is 1.94 bits per heavy atom. The maximum Gasteiger partial charge on any atom is 0.338 e. The van der Waals surface area contributed by atoms with Gasteiger partial charge in [-0.1, -0.05) is 0 Å². The van der Waals surface area contributed by atoms with Gasteiger partial charge < -0.3 is 19.5 Å². The number of H-pyrrole nitrogens is 1. The van der Waals surface area contributed by atoms with Crippen LogP contribution in [0.5, 0.6) is 0 Å². The lowest BCUT2D eigenvalue weighted by Crippen LogP contribution is -2.29. The molecule has 158 valence electrons. The second-order valence-corrected chi connectivity index (χ2v) is 7.20. The number of ketones is 1. The first-order valence-corrected chi connectivity index (χ1v) is 9.87. The van der Waals surface area contributed by atoms with E-state index in [0.29, 0.717) is 34.7 Å². The normalized spacial score (nSPS) is 15.3. The van der Waals surface area contributed by atoms with Crippen molar-refractivity contribution < 1.29 is 23.5 Å². The number of furan rings is 1. The second kappa shape index (κ2) is 8.43. The summed E-state index contributed by atoms with van der Waals surface area (Å²) in [4.78, 5) is 52.2. The summed E-state index contributed by atoms with van der Waals surface area (Å²) in [7, 11) is 0. The number of esters is 1. The fourth-order valence-electron chi connectivity index (χ4n) is 3.63. The van der Waals surface area contributed by atoms with Crippen LogP contribution in [0.3, 0.4) is 0 Å². The molecule has 0 aliphatic heterocycles. The van der Waals surface area contributed by atoms with Crippen molar-refractivity contribution >= 4 is 23.3 Å². The van der Waals surface area contributed by atoms with E-state index in [4.69, 9.17) is 9.15 Å². The highest BCUT2D eigenvalue weighted by molar-refractivity contribution is 6.07. The molecule has 0 fully saturated rings. The number of hydrogen-bond acceptors (Lipinski definition) is 6. The summed E-state index contributed by atoms with van der Waals surface area (Å²) in [6.45, 7) is 1.98. The Morgan fingerprint density at radius 3 is 2.61 bits per heavy atom. The SMILES string of the molecule is CCOC(=O)c1ccc(NC(=O)c2cc3c([nH]c2=O)CC(c2ccco2)CC3=O)cc1. The third kappa shape index (κ3) is 4.18. The number of benzene rings is 1. The monoisotopic (exact) mass is 420 g/mol. The van der Waals surface area contributed by atoms with E-state index in [-0.39, 0.29) is 30.3 Å². The molecule has 4 rings (SSSR count). The number of Topliss-reactive ketones (excluding diaryl/α,β-unsaturated/α-hetero) is 1. The molecule has 8 heteroatoms. The molecule has 1 aromatic carbocycles. The number of pyridine rings is 1. The predicted molar refractivity (Wildman–Crippen MR) is 112 cm³/mol. The number of aromatic nitrogens is 1. The van der Waals surface area contributed by atoms with Crippen molar-refractivity contribution in [1.29, 1.82) is 0 Å². The van der Waals surface area contributed by atoms with E-state index >= 15 is 0 Å². The predicted octanol–water partition coefficient (Wildman–Crippen LogP) is 3.31. The third-order valence-electron chi connectivity index (χ3n) is 5.15. The zero-order chi connectivity index (χ0) is 22.0. The topological polar surface area (TPSA) is 118 Å². The van der Waals surface area contributed by atoms with Gasteiger partial charge in [-0.05, 0) is 55.8 Å². The molecule has 1 aliphatic carbocycles. The maximum absolute atomic E-state index is 12.7. The molecule has 2 N–H and O–H groups in total. The van der Waals surface area contributed by atoms with Gasteiger partial charge in [-0.15, -0.1) is 0 Å². The van der Waals surface area contributed by atoms with Gasteiger partial charge in [0, 0.05) is 29.3 Å². The highest BCUT2D eigenvalue weighted by Gasteiger charge is 2.30. The Bertz CT molecular complexity index is 1190. The summed E-state index contributed by atoms with van der Waals surface area (Å²) < 4.78 is 10.3. The number of carbonyl (C=O) groups is 3. The maximum atomic E-state index is 12.7. The van der Waals surface area contributed by atoms with Gasteiger partial charge in [0.15, 0.2) is 5.78 Å². The summed E-state index contributed by atoms with van der Waals surface area (Å²) >= 11 is 0. The highest BCUT2D eigenvalue weighted by Crippen LogP contribution is 2.31. The Kier molecular flexibility index (Phi) is 5.53. The quantitative estimate of drug-likeness (QED) is 0.612. The van der Waals surface area contributed by atoms with Gasteiger partial charge in [0.25, 0.3) is 11.5 Å². The van der Waals surface area contributed by atoms with Crippen molar-refractivity contribution in [3.8, 4) is 0 Å². The first-order valence-electron chi connectivity index (χ1n) is 9.87. The van der Waals surface area contributed by atoms with E-state index < -0.39 is 17.4 Å². The van der Waals surface area contributed by atoms with Crippen LogP contribution < -0.4 is 10.9 Å². The highest BCUT2D eigenvalue weighted by atomic mass is 16.5. The average Bonchev–Trinajstić information content (AvgIpc) is 3.29. The number of nitrogens with one attached hydrogen (secondary N) is 2. The lowest BCUT2D eigenvalue weighted by atomic mass is 9.84. The molecule has 3 aromatic rings. The molecule has 2 aromatic heterocycles. The van der Waals surface area contributed by atoms with Gasteiger partial charge in [0.2, 0.25) is 0 Å². The van der Waals surface area contributed by atoms with Gasteiger partial charge in [0.1, 0.15) is 11.3 Å². The average molecular weight is 420 g/mol. The van der Waals surface area contributed by atoms with Crippen molar-refractivity contribution in [2.45, 2.75) is 25.7 Å². The first kappa shape index (κ1) is 20.3. The molecular weight excluding hydrogens is 400 g/mol. The number of rotatable bonds is 5. The molecular formula is C23H20N2O6. The first-order chi connectivity index (χ1) is 15.0. The zero-order valence-electron chi connectivity index (χ0n) is 16.8. The van der Waals surface area contributed by atoms with Crippen LogP contribution in [-0.4, -0.2) is 29.3 Å². The van der Waals surface area contributed by atoms with E-state index in [1.54, 1.807) is 25.3 Å². The van der Waals surface area contributed by atoms with Crippen LogP contribution in [0.1, 0.15) is 61.8 Å². The van der Waals surface area contributed by atoms with Crippen LogP contribution in [0.4, 0.5) is 5.69 Å². The fraction of sp³-hybridized carbons (Fsp3) is 0.217. The summed E-state index contributed by atoms with van der Waals surface area (Å²) in [6, 6.07) is 11.0. The molecule has 0 bridgehead atoms. The van der Waals surface area contributed by atoms with Gasteiger partial charge in [-0.3, -0.25) is 14.4 Å². The molecule has 0 saturated carbocycles. The molecule has 8 nitrogen and oxygen atoms in total. The number of carbonyl (C=O) groups excluding carboxylic acids is 3. The number of anilines is 1. The van der Waals surface area contributed by atoms with Gasteiger partial charge in [-0.2, -0.15) is 0 Å². The van der Waals surface area contributed by atoms with Crippen molar-refractivity contribution in [1.82, 2.24) is 4.98 Å². The minimum absolute atomic E-state index is 0.150. The second-order valence-electron chi connectivity index (χ2n) is 7.20. The number of fused-ring (bicyclic) bond motifs is 1. The van der Waals surface area contributed by atoms with Crippen molar-refractivity contribution in [3.05, 3.63) is 87.2 Å². The van der Waals surface area contributed by atoms with Crippen LogP contribution in [0.25, 0.3) is 0 Å². The minimum Gasteiger partial charge on any atom is -0.469 e. The van der Waals surface area contributed by atoms with E-state index in [0.717, 1.165) is 0 Å².